The summed E-state index contributed by atoms with van der Waals surface area (Å²) < 4.78 is 11.4. The zero-order valence-corrected chi connectivity index (χ0v) is 12.1. The summed E-state index contributed by atoms with van der Waals surface area (Å²) in [5, 5.41) is 0.733. The van der Waals surface area contributed by atoms with Crippen molar-refractivity contribution in [3.8, 4) is 0 Å². The monoisotopic (exact) mass is 283 g/mol. The van der Waals surface area contributed by atoms with Crippen LogP contribution in [-0.2, 0) is 9.47 Å². The third-order valence-electron chi connectivity index (χ3n) is 3.59. The molecule has 0 saturated carbocycles. The van der Waals surface area contributed by atoms with Crippen LogP contribution in [0.2, 0.25) is 5.02 Å². The Hall–Kier alpha value is -0.610. The normalized spacial score (nSPS) is 22.4. The molecule has 0 aliphatic carbocycles. The van der Waals surface area contributed by atoms with Crippen molar-refractivity contribution in [3.05, 3.63) is 34.9 Å². The summed E-state index contributed by atoms with van der Waals surface area (Å²) in [6.45, 7) is 4.44. The molecule has 1 aliphatic rings. The van der Waals surface area contributed by atoms with Crippen LogP contribution in [0.4, 0.5) is 0 Å². The summed E-state index contributed by atoms with van der Waals surface area (Å²) in [5.41, 5.74) is 7.28. The minimum atomic E-state index is -0.0668. The third kappa shape index (κ3) is 4.18. The molecule has 0 bridgehead atoms. The Morgan fingerprint density at radius 1 is 1.42 bits per heavy atom. The van der Waals surface area contributed by atoms with Gasteiger partial charge in [0.15, 0.2) is 0 Å². The van der Waals surface area contributed by atoms with Crippen LogP contribution in [0, 0.1) is 5.92 Å². The van der Waals surface area contributed by atoms with E-state index >= 15 is 0 Å². The van der Waals surface area contributed by atoms with E-state index in [2.05, 4.69) is 6.92 Å². The first-order valence-corrected chi connectivity index (χ1v) is 7.29. The van der Waals surface area contributed by atoms with Gasteiger partial charge in [-0.2, -0.15) is 0 Å². The maximum Gasteiger partial charge on any atom is 0.0975 e. The summed E-state index contributed by atoms with van der Waals surface area (Å²) in [7, 11) is 0. The topological polar surface area (TPSA) is 44.5 Å². The number of halogens is 1. The van der Waals surface area contributed by atoms with Crippen molar-refractivity contribution in [2.45, 2.75) is 31.9 Å². The van der Waals surface area contributed by atoms with Gasteiger partial charge in [-0.3, -0.25) is 0 Å². The molecule has 1 aliphatic heterocycles. The molecule has 3 nitrogen and oxygen atoms in total. The molecule has 2 rings (SSSR count). The Labute approximate surface area is 120 Å². The van der Waals surface area contributed by atoms with E-state index in [0.29, 0.717) is 12.5 Å². The van der Waals surface area contributed by atoms with Gasteiger partial charge in [0.05, 0.1) is 19.3 Å². The molecule has 106 valence electrons. The van der Waals surface area contributed by atoms with Gasteiger partial charge in [-0.05, 0) is 30.5 Å². The SMILES string of the molecule is CCC(N)C(OCC1CCOC1)c1ccc(Cl)cc1. The van der Waals surface area contributed by atoms with E-state index in [1.54, 1.807) is 0 Å². The minimum Gasteiger partial charge on any atom is -0.381 e. The highest BCUT2D eigenvalue weighted by molar-refractivity contribution is 6.30. The Morgan fingerprint density at radius 2 is 2.16 bits per heavy atom. The Balaban J connectivity index is 2.00. The smallest absolute Gasteiger partial charge is 0.0975 e. The fraction of sp³-hybridized carbons (Fsp3) is 0.600. The summed E-state index contributed by atoms with van der Waals surface area (Å²) in [6, 6.07) is 7.76. The van der Waals surface area contributed by atoms with Crippen LogP contribution < -0.4 is 5.73 Å². The largest absolute Gasteiger partial charge is 0.381 e. The lowest BCUT2D eigenvalue weighted by Crippen LogP contribution is -2.31. The van der Waals surface area contributed by atoms with Gasteiger partial charge in [0.25, 0.3) is 0 Å². The second kappa shape index (κ2) is 7.25. The van der Waals surface area contributed by atoms with Gasteiger partial charge in [0.2, 0.25) is 0 Å². The molecular weight excluding hydrogens is 262 g/mol. The molecule has 0 radical (unpaired) electrons. The van der Waals surface area contributed by atoms with Crippen LogP contribution >= 0.6 is 11.6 Å². The fourth-order valence-electron chi connectivity index (χ4n) is 2.29. The molecule has 1 fully saturated rings. The first-order chi connectivity index (χ1) is 9.20. The maximum atomic E-state index is 6.18. The maximum absolute atomic E-state index is 6.18. The second-order valence-corrected chi connectivity index (χ2v) is 5.54. The molecule has 0 amide bonds. The standard InChI is InChI=1S/C15H22ClNO2/c1-2-14(17)15(12-3-5-13(16)6-4-12)19-10-11-7-8-18-9-11/h3-6,11,14-15H,2,7-10,17H2,1H3. The molecule has 3 unspecified atom stereocenters. The molecule has 1 aromatic carbocycles. The van der Waals surface area contributed by atoms with Crippen molar-refractivity contribution >= 4 is 11.6 Å². The number of benzene rings is 1. The van der Waals surface area contributed by atoms with E-state index in [4.69, 9.17) is 26.8 Å². The van der Waals surface area contributed by atoms with E-state index in [0.717, 1.165) is 36.6 Å². The van der Waals surface area contributed by atoms with Gasteiger partial charge in [-0.1, -0.05) is 30.7 Å². The van der Waals surface area contributed by atoms with E-state index < -0.39 is 0 Å². The van der Waals surface area contributed by atoms with Gasteiger partial charge < -0.3 is 15.2 Å². The highest BCUT2D eigenvalue weighted by Gasteiger charge is 2.23. The lowest BCUT2D eigenvalue weighted by molar-refractivity contribution is 0.00948. The van der Waals surface area contributed by atoms with Crippen molar-refractivity contribution in [1.82, 2.24) is 0 Å². The summed E-state index contributed by atoms with van der Waals surface area (Å²) in [6.07, 6.45) is 1.89. The Kier molecular flexibility index (Phi) is 5.64. The van der Waals surface area contributed by atoms with E-state index in [-0.39, 0.29) is 12.1 Å². The number of rotatable bonds is 6. The van der Waals surface area contributed by atoms with Gasteiger partial charge in [-0.15, -0.1) is 0 Å². The van der Waals surface area contributed by atoms with E-state index in [1.165, 1.54) is 0 Å². The minimum absolute atomic E-state index is 0.00324. The van der Waals surface area contributed by atoms with E-state index in [9.17, 15) is 0 Å². The van der Waals surface area contributed by atoms with Crippen molar-refractivity contribution < 1.29 is 9.47 Å². The highest BCUT2D eigenvalue weighted by atomic mass is 35.5. The summed E-state index contributed by atoms with van der Waals surface area (Å²) >= 11 is 5.92. The van der Waals surface area contributed by atoms with Crippen molar-refractivity contribution in [2.75, 3.05) is 19.8 Å². The lowest BCUT2D eigenvalue weighted by atomic mass is 10.0. The molecule has 1 aromatic rings. The summed E-state index contributed by atoms with van der Waals surface area (Å²) in [4.78, 5) is 0. The van der Waals surface area contributed by atoms with Crippen molar-refractivity contribution in [1.29, 1.82) is 0 Å². The Bertz CT molecular complexity index is 376. The van der Waals surface area contributed by atoms with Crippen LogP contribution in [-0.4, -0.2) is 25.9 Å². The molecule has 0 spiro atoms. The fourth-order valence-corrected chi connectivity index (χ4v) is 2.41. The van der Waals surface area contributed by atoms with Gasteiger partial charge >= 0.3 is 0 Å². The first-order valence-electron chi connectivity index (χ1n) is 6.91. The number of hydrogen-bond acceptors (Lipinski definition) is 3. The second-order valence-electron chi connectivity index (χ2n) is 5.11. The van der Waals surface area contributed by atoms with Crippen LogP contribution in [0.15, 0.2) is 24.3 Å². The van der Waals surface area contributed by atoms with Gasteiger partial charge in [-0.25, -0.2) is 0 Å². The lowest BCUT2D eigenvalue weighted by Gasteiger charge is -2.25. The molecule has 4 heteroatoms. The first kappa shape index (κ1) is 14.8. The van der Waals surface area contributed by atoms with Crippen molar-refractivity contribution in [3.63, 3.8) is 0 Å². The molecular formula is C15H22ClNO2. The van der Waals surface area contributed by atoms with Crippen LogP contribution in [0.5, 0.6) is 0 Å². The molecule has 19 heavy (non-hydrogen) atoms. The predicted molar refractivity (Wildman–Crippen MR) is 77.3 cm³/mol. The highest BCUT2D eigenvalue weighted by Crippen LogP contribution is 2.25. The van der Waals surface area contributed by atoms with Gasteiger partial charge in [0, 0.05) is 23.6 Å². The molecule has 1 saturated heterocycles. The average Bonchev–Trinajstić information content (AvgIpc) is 2.93. The number of nitrogens with two attached hydrogens (primary N) is 1. The zero-order valence-electron chi connectivity index (χ0n) is 11.3. The van der Waals surface area contributed by atoms with Crippen LogP contribution in [0.25, 0.3) is 0 Å². The number of ether oxygens (including phenoxy) is 2. The molecule has 3 atom stereocenters. The van der Waals surface area contributed by atoms with Crippen molar-refractivity contribution in [2.24, 2.45) is 11.7 Å². The molecule has 0 aromatic heterocycles. The quantitative estimate of drug-likeness (QED) is 0.872. The zero-order chi connectivity index (χ0) is 13.7. The Morgan fingerprint density at radius 3 is 2.74 bits per heavy atom. The number of hydrogen-bond donors (Lipinski definition) is 1. The average molecular weight is 284 g/mol. The predicted octanol–water partition coefficient (Wildman–Crippen LogP) is 3.17. The van der Waals surface area contributed by atoms with Crippen LogP contribution in [0.1, 0.15) is 31.4 Å². The third-order valence-corrected chi connectivity index (χ3v) is 3.85. The van der Waals surface area contributed by atoms with Gasteiger partial charge in [0.1, 0.15) is 0 Å². The van der Waals surface area contributed by atoms with Crippen LogP contribution in [0.3, 0.4) is 0 Å². The molecule has 1 heterocycles. The summed E-state index contributed by atoms with van der Waals surface area (Å²) in [5.74, 6) is 0.499. The van der Waals surface area contributed by atoms with E-state index in [1.807, 2.05) is 24.3 Å². The molecule has 2 N–H and O–H groups in total.